The molecule has 1 aliphatic heterocycles. The number of nitrogens with zero attached hydrogens (tertiary/aromatic N) is 1. The van der Waals surface area contributed by atoms with Crippen LogP contribution >= 0.6 is 0 Å². The molecule has 0 radical (unpaired) electrons. The van der Waals surface area contributed by atoms with Gasteiger partial charge in [0.25, 0.3) is 0 Å². The van der Waals surface area contributed by atoms with Crippen LogP contribution in [0.15, 0.2) is 18.2 Å². The highest BCUT2D eigenvalue weighted by Crippen LogP contribution is 2.24. The number of carbonyl (C=O) groups excluding carboxylic acids is 1. The third kappa shape index (κ3) is 2.87. The van der Waals surface area contributed by atoms with E-state index in [4.69, 9.17) is 0 Å². The van der Waals surface area contributed by atoms with E-state index in [2.05, 4.69) is 24.0 Å². The number of rotatable bonds is 2. The molecule has 1 saturated heterocycles. The summed E-state index contributed by atoms with van der Waals surface area (Å²) in [5.74, 6) is 0.843. The van der Waals surface area contributed by atoms with Crippen LogP contribution in [0.4, 0.5) is 5.69 Å². The van der Waals surface area contributed by atoms with E-state index in [0.29, 0.717) is 0 Å². The van der Waals surface area contributed by atoms with Crippen molar-refractivity contribution in [2.45, 2.75) is 33.1 Å². The predicted molar refractivity (Wildman–Crippen MR) is 71.8 cm³/mol. The third-order valence-electron chi connectivity index (χ3n) is 3.76. The van der Waals surface area contributed by atoms with E-state index < -0.39 is 0 Å². The lowest BCUT2D eigenvalue weighted by Crippen LogP contribution is -2.24. The predicted octanol–water partition coefficient (Wildman–Crippen LogP) is 3.43. The Morgan fingerprint density at radius 1 is 1.29 bits per heavy atom. The monoisotopic (exact) mass is 231 g/mol. The molecule has 2 heteroatoms. The molecule has 0 spiro atoms. The van der Waals surface area contributed by atoms with Gasteiger partial charge in [-0.25, -0.2) is 0 Å². The van der Waals surface area contributed by atoms with Gasteiger partial charge in [-0.05, 0) is 55.9 Å². The van der Waals surface area contributed by atoms with Gasteiger partial charge in [0.05, 0.1) is 0 Å². The summed E-state index contributed by atoms with van der Waals surface area (Å²) in [7, 11) is 0. The summed E-state index contributed by atoms with van der Waals surface area (Å²) >= 11 is 0. The van der Waals surface area contributed by atoms with Crippen LogP contribution in [0.1, 0.15) is 42.1 Å². The summed E-state index contributed by atoms with van der Waals surface area (Å²) < 4.78 is 0. The molecule has 0 bridgehead atoms. The number of hydrogen-bond acceptors (Lipinski definition) is 2. The van der Waals surface area contributed by atoms with Crippen molar-refractivity contribution >= 4 is 12.0 Å². The molecule has 92 valence electrons. The van der Waals surface area contributed by atoms with Crippen molar-refractivity contribution in [2.75, 3.05) is 18.0 Å². The van der Waals surface area contributed by atoms with Crippen molar-refractivity contribution < 1.29 is 4.79 Å². The van der Waals surface area contributed by atoms with E-state index in [-0.39, 0.29) is 0 Å². The lowest BCUT2D eigenvalue weighted by molar-refractivity contribution is 0.112. The van der Waals surface area contributed by atoms with Crippen molar-refractivity contribution in [2.24, 2.45) is 5.92 Å². The quantitative estimate of drug-likeness (QED) is 0.727. The summed E-state index contributed by atoms with van der Waals surface area (Å²) in [6.45, 7) is 6.63. The smallest absolute Gasteiger partial charge is 0.150 e. The van der Waals surface area contributed by atoms with Gasteiger partial charge in [0.15, 0.2) is 0 Å². The normalized spacial score (nSPS) is 21.1. The molecule has 1 aromatic carbocycles. The van der Waals surface area contributed by atoms with E-state index in [1.807, 2.05) is 13.0 Å². The first-order chi connectivity index (χ1) is 8.20. The van der Waals surface area contributed by atoms with Gasteiger partial charge in [-0.1, -0.05) is 6.92 Å². The lowest BCUT2D eigenvalue weighted by atomic mass is 10.0. The maximum Gasteiger partial charge on any atom is 0.150 e. The standard InChI is InChI=1S/C15H21NO/c1-12-4-3-8-16(9-7-12)15-6-5-14(11-17)13(2)10-15/h5-6,10-12H,3-4,7-9H2,1-2H3. The Kier molecular flexibility index (Phi) is 3.82. The molecule has 0 saturated carbocycles. The van der Waals surface area contributed by atoms with Gasteiger partial charge >= 0.3 is 0 Å². The van der Waals surface area contributed by atoms with Gasteiger partial charge < -0.3 is 4.90 Å². The van der Waals surface area contributed by atoms with Crippen molar-refractivity contribution in [3.8, 4) is 0 Å². The fourth-order valence-corrected chi connectivity index (χ4v) is 2.51. The third-order valence-corrected chi connectivity index (χ3v) is 3.76. The molecule has 0 aromatic heterocycles. The lowest BCUT2D eigenvalue weighted by Gasteiger charge is -2.23. The number of carbonyl (C=O) groups is 1. The van der Waals surface area contributed by atoms with E-state index in [1.165, 1.54) is 24.9 Å². The molecule has 1 aliphatic rings. The first kappa shape index (κ1) is 12.2. The van der Waals surface area contributed by atoms with Crippen molar-refractivity contribution in [1.82, 2.24) is 0 Å². The molecule has 17 heavy (non-hydrogen) atoms. The topological polar surface area (TPSA) is 20.3 Å². The van der Waals surface area contributed by atoms with Crippen LogP contribution < -0.4 is 4.90 Å². The summed E-state index contributed by atoms with van der Waals surface area (Å²) in [5.41, 5.74) is 3.15. The van der Waals surface area contributed by atoms with Gasteiger partial charge in [-0.3, -0.25) is 4.79 Å². The van der Waals surface area contributed by atoms with E-state index in [0.717, 1.165) is 36.4 Å². The molecule has 1 aromatic rings. The second-order valence-electron chi connectivity index (χ2n) is 5.18. The minimum absolute atomic E-state index is 0.803. The van der Waals surface area contributed by atoms with E-state index in [1.54, 1.807) is 0 Å². The molecule has 1 atom stereocenters. The Balaban J connectivity index is 2.16. The molecular formula is C15H21NO. The summed E-state index contributed by atoms with van der Waals surface area (Å²) in [4.78, 5) is 13.2. The van der Waals surface area contributed by atoms with Crippen LogP contribution in [0.5, 0.6) is 0 Å². The number of anilines is 1. The molecule has 0 aliphatic carbocycles. The Morgan fingerprint density at radius 3 is 2.82 bits per heavy atom. The van der Waals surface area contributed by atoms with Crippen LogP contribution in [0.3, 0.4) is 0 Å². The Bertz CT molecular complexity index is 400. The molecule has 0 amide bonds. The van der Waals surface area contributed by atoms with Gasteiger partial charge in [0.2, 0.25) is 0 Å². The minimum atomic E-state index is 0.803. The highest BCUT2D eigenvalue weighted by Gasteiger charge is 2.14. The first-order valence-corrected chi connectivity index (χ1v) is 6.51. The SMILES string of the molecule is Cc1cc(N2CCCC(C)CC2)ccc1C=O. The average molecular weight is 231 g/mol. The molecule has 2 nitrogen and oxygen atoms in total. The fraction of sp³-hybridized carbons (Fsp3) is 0.533. The van der Waals surface area contributed by atoms with E-state index >= 15 is 0 Å². The second-order valence-corrected chi connectivity index (χ2v) is 5.18. The van der Waals surface area contributed by atoms with Crippen LogP contribution in [0.25, 0.3) is 0 Å². The van der Waals surface area contributed by atoms with Crippen LogP contribution in [0.2, 0.25) is 0 Å². The second kappa shape index (κ2) is 5.35. The maximum atomic E-state index is 10.8. The zero-order valence-corrected chi connectivity index (χ0v) is 10.8. The molecular weight excluding hydrogens is 210 g/mol. The average Bonchev–Trinajstić information content (AvgIpc) is 2.54. The van der Waals surface area contributed by atoms with Gasteiger partial charge in [-0.2, -0.15) is 0 Å². The molecule has 1 fully saturated rings. The number of benzene rings is 1. The van der Waals surface area contributed by atoms with Gasteiger partial charge in [-0.15, -0.1) is 0 Å². The largest absolute Gasteiger partial charge is 0.372 e. The first-order valence-electron chi connectivity index (χ1n) is 6.51. The van der Waals surface area contributed by atoms with Crippen LogP contribution in [0, 0.1) is 12.8 Å². The summed E-state index contributed by atoms with van der Waals surface area (Å²) in [6, 6.07) is 6.15. The summed E-state index contributed by atoms with van der Waals surface area (Å²) in [6.07, 6.45) is 4.82. The zero-order chi connectivity index (χ0) is 12.3. The number of hydrogen-bond donors (Lipinski definition) is 0. The highest BCUT2D eigenvalue weighted by molar-refractivity contribution is 5.78. The van der Waals surface area contributed by atoms with Crippen LogP contribution in [-0.2, 0) is 0 Å². The number of aldehydes is 1. The molecule has 1 unspecified atom stereocenters. The Morgan fingerprint density at radius 2 is 2.12 bits per heavy atom. The molecule has 0 N–H and O–H groups in total. The fourth-order valence-electron chi connectivity index (χ4n) is 2.51. The van der Waals surface area contributed by atoms with Crippen LogP contribution in [-0.4, -0.2) is 19.4 Å². The zero-order valence-electron chi connectivity index (χ0n) is 10.8. The molecule has 1 heterocycles. The minimum Gasteiger partial charge on any atom is -0.372 e. The van der Waals surface area contributed by atoms with Crippen molar-refractivity contribution in [3.05, 3.63) is 29.3 Å². The maximum absolute atomic E-state index is 10.8. The Labute approximate surface area is 104 Å². The highest BCUT2D eigenvalue weighted by atomic mass is 16.1. The van der Waals surface area contributed by atoms with Crippen molar-refractivity contribution in [3.63, 3.8) is 0 Å². The van der Waals surface area contributed by atoms with Gasteiger partial charge in [0, 0.05) is 24.3 Å². The van der Waals surface area contributed by atoms with E-state index in [9.17, 15) is 4.79 Å². The summed E-state index contributed by atoms with van der Waals surface area (Å²) in [5, 5.41) is 0. The van der Waals surface area contributed by atoms with Crippen molar-refractivity contribution in [1.29, 1.82) is 0 Å². The van der Waals surface area contributed by atoms with Gasteiger partial charge in [0.1, 0.15) is 6.29 Å². The molecule has 2 rings (SSSR count). The Hall–Kier alpha value is -1.31. The number of aryl methyl sites for hydroxylation is 1.